The van der Waals surface area contributed by atoms with Crippen molar-refractivity contribution in [1.29, 1.82) is 0 Å². The van der Waals surface area contributed by atoms with Crippen LogP contribution in [0.25, 0.3) is 0 Å². The number of hydrogen-bond donors (Lipinski definition) is 2. The lowest BCUT2D eigenvalue weighted by molar-refractivity contribution is -0.116. The second kappa shape index (κ2) is 10.3. The van der Waals surface area contributed by atoms with Crippen molar-refractivity contribution < 1.29 is 9.59 Å². The van der Waals surface area contributed by atoms with Gasteiger partial charge in [0.25, 0.3) is 5.91 Å². The molecule has 0 spiro atoms. The van der Waals surface area contributed by atoms with Crippen molar-refractivity contribution in [3.63, 3.8) is 0 Å². The molecule has 0 radical (unpaired) electrons. The largest absolute Gasteiger partial charge is 0.345 e. The molecule has 3 aromatic rings. The van der Waals surface area contributed by atoms with Gasteiger partial charge in [0.1, 0.15) is 5.01 Å². The Kier molecular flexibility index (Phi) is 7.54. The van der Waals surface area contributed by atoms with Crippen LogP contribution in [0.3, 0.4) is 0 Å². The predicted molar refractivity (Wildman–Crippen MR) is 120 cm³/mol. The van der Waals surface area contributed by atoms with Gasteiger partial charge in [-0.05, 0) is 23.6 Å². The summed E-state index contributed by atoms with van der Waals surface area (Å²) in [6.07, 6.45) is 0.868. The van der Waals surface area contributed by atoms with Crippen molar-refractivity contribution in [3.8, 4) is 0 Å². The maximum Gasteiger partial charge on any atom is 0.253 e. The SMILES string of the molecule is CC(C)Cc1nnc(NC(=O)CC(NC(=O)c2ccccc2Cl)c2ccccc2)s1. The maximum atomic E-state index is 12.7. The highest BCUT2D eigenvalue weighted by Gasteiger charge is 2.21. The number of carbonyl (C=O) groups is 2. The predicted octanol–water partition coefficient (Wildman–Crippen LogP) is 4.89. The number of hydrogen-bond acceptors (Lipinski definition) is 5. The fourth-order valence-electron chi connectivity index (χ4n) is 2.91. The fourth-order valence-corrected chi connectivity index (χ4v) is 4.10. The van der Waals surface area contributed by atoms with Crippen molar-refractivity contribution in [2.45, 2.75) is 32.7 Å². The van der Waals surface area contributed by atoms with Crippen LogP contribution in [-0.2, 0) is 11.2 Å². The highest BCUT2D eigenvalue weighted by Crippen LogP contribution is 2.22. The molecule has 1 unspecified atom stereocenters. The van der Waals surface area contributed by atoms with E-state index in [-0.39, 0.29) is 18.2 Å². The molecule has 0 saturated heterocycles. The van der Waals surface area contributed by atoms with Crippen LogP contribution in [0, 0.1) is 5.92 Å². The molecular formula is C22H23ClN4O2S. The van der Waals surface area contributed by atoms with Gasteiger partial charge in [0.2, 0.25) is 11.0 Å². The van der Waals surface area contributed by atoms with Crippen LogP contribution in [0.4, 0.5) is 5.13 Å². The van der Waals surface area contributed by atoms with Crippen LogP contribution in [0.5, 0.6) is 0 Å². The Bertz CT molecular complexity index is 1010. The normalized spacial score (nSPS) is 11.9. The number of anilines is 1. The number of nitrogens with zero attached hydrogens (tertiary/aromatic N) is 2. The topological polar surface area (TPSA) is 84.0 Å². The summed E-state index contributed by atoms with van der Waals surface area (Å²) in [5.74, 6) is -0.128. The van der Waals surface area contributed by atoms with Gasteiger partial charge >= 0.3 is 0 Å². The molecule has 0 aliphatic carbocycles. The summed E-state index contributed by atoms with van der Waals surface area (Å²) in [6, 6.07) is 15.7. The lowest BCUT2D eigenvalue weighted by Crippen LogP contribution is -2.31. The number of carbonyl (C=O) groups excluding carboxylic acids is 2. The monoisotopic (exact) mass is 442 g/mol. The number of amides is 2. The Morgan fingerprint density at radius 1 is 1.03 bits per heavy atom. The van der Waals surface area contributed by atoms with E-state index in [4.69, 9.17) is 11.6 Å². The lowest BCUT2D eigenvalue weighted by atomic mass is 10.0. The zero-order chi connectivity index (χ0) is 21.5. The number of nitrogens with one attached hydrogen (secondary N) is 2. The number of rotatable bonds is 8. The van der Waals surface area contributed by atoms with E-state index in [0.29, 0.717) is 21.6 Å². The molecule has 0 aliphatic rings. The van der Waals surface area contributed by atoms with Gasteiger partial charge < -0.3 is 10.6 Å². The van der Waals surface area contributed by atoms with Crippen LogP contribution < -0.4 is 10.6 Å². The number of halogens is 1. The minimum absolute atomic E-state index is 0.0549. The zero-order valence-corrected chi connectivity index (χ0v) is 18.3. The highest BCUT2D eigenvalue weighted by atomic mass is 35.5. The third-order valence-corrected chi connectivity index (χ3v) is 5.50. The summed E-state index contributed by atoms with van der Waals surface area (Å²) in [4.78, 5) is 25.4. The first-order valence-corrected chi connectivity index (χ1v) is 10.8. The van der Waals surface area contributed by atoms with Crippen LogP contribution in [0.1, 0.15) is 47.2 Å². The summed E-state index contributed by atoms with van der Waals surface area (Å²) < 4.78 is 0. The Morgan fingerprint density at radius 3 is 2.43 bits per heavy atom. The maximum absolute atomic E-state index is 12.7. The fraction of sp³-hybridized carbons (Fsp3) is 0.273. The molecule has 0 bridgehead atoms. The molecule has 156 valence electrons. The highest BCUT2D eigenvalue weighted by molar-refractivity contribution is 7.15. The summed E-state index contributed by atoms with van der Waals surface area (Å²) in [5, 5.41) is 15.6. The van der Waals surface area contributed by atoms with E-state index in [1.165, 1.54) is 11.3 Å². The first kappa shape index (κ1) is 21.9. The van der Waals surface area contributed by atoms with Crippen LogP contribution in [0.15, 0.2) is 54.6 Å². The van der Waals surface area contributed by atoms with E-state index in [1.807, 2.05) is 30.3 Å². The van der Waals surface area contributed by atoms with E-state index < -0.39 is 6.04 Å². The first-order valence-electron chi connectivity index (χ1n) is 9.65. The second-order valence-electron chi connectivity index (χ2n) is 7.27. The van der Waals surface area contributed by atoms with Gasteiger partial charge in [-0.1, -0.05) is 79.2 Å². The van der Waals surface area contributed by atoms with Crippen molar-refractivity contribution in [1.82, 2.24) is 15.5 Å². The smallest absolute Gasteiger partial charge is 0.253 e. The second-order valence-corrected chi connectivity index (χ2v) is 8.74. The lowest BCUT2D eigenvalue weighted by Gasteiger charge is -2.19. The summed E-state index contributed by atoms with van der Waals surface area (Å²) in [5.41, 5.74) is 1.19. The zero-order valence-electron chi connectivity index (χ0n) is 16.8. The summed E-state index contributed by atoms with van der Waals surface area (Å²) in [6.45, 7) is 4.21. The van der Waals surface area contributed by atoms with Gasteiger partial charge in [-0.3, -0.25) is 9.59 Å². The number of aromatic nitrogens is 2. The minimum atomic E-state index is -0.516. The van der Waals surface area contributed by atoms with Crippen molar-refractivity contribution in [2.24, 2.45) is 5.92 Å². The Balaban J connectivity index is 1.71. The minimum Gasteiger partial charge on any atom is -0.345 e. The van der Waals surface area contributed by atoms with Crippen molar-refractivity contribution in [2.75, 3.05) is 5.32 Å². The Morgan fingerprint density at radius 2 is 1.73 bits per heavy atom. The third kappa shape index (κ3) is 6.11. The van der Waals surface area contributed by atoms with Crippen LogP contribution in [-0.4, -0.2) is 22.0 Å². The third-order valence-electron chi connectivity index (χ3n) is 4.31. The van der Waals surface area contributed by atoms with Gasteiger partial charge in [-0.15, -0.1) is 10.2 Å². The standard InChI is InChI=1S/C22H23ClN4O2S/c1-14(2)12-20-26-27-22(30-20)25-19(28)13-18(15-8-4-3-5-9-15)24-21(29)16-10-6-7-11-17(16)23/h3-11,14,18H,12-13H2,1-2H3,(H,24,29)(H,25,27,28). The van der Waals surface area contributed by atoms with Gasteiger partial charge in [-0.25, -0.2) is 0 Å². The van der Waals surface area contributed by atoms with E-state index >= 15 is 0 Å². The van der Waals surface area contributed by atoms with E-state index in [0.717, 1.165) is 17.0 Å². The Hall–Kier alpha value is -2.77. The molecule has 2 aromatic carbocycles. The average molecular weight is 443 g/mol. The molecule has 0 fully saturated rings. The van der Waals surface area contributed by atoms with Crippen molar-refractivity contribution >= 4 is 39.9 Å². The van der Waals surface area contributed by atoms with E-state index in [9.17, 15) is 9.59 Å². The van der Waals surface area contributed by atoms with Crippen LogP contribution in [0.2, 0.25) is 5.02 Å². The van der Waals surface area contributed by atoms with E-state index in [2.05, 4.69) is 34.7 Å². The molecule has 2 N–H and O–H groups in total. The molecule has 0 saturated carbocycles. The molecule has 1 aromatic heterocycles. The summed E-state index contributed by atoms with van der Waals surface area (Å²) in [7, 11) is 0. The first-order chi connectivity index (χ1) is 14.4. The molecule has 0 aliphatic heterocycles. The molecular weight excluding hydrogens is 420 g/mol. The quantitative estimate of drug-likeness (QED) is 0.520. The molecule has 30 heavy (non-hydrogen) atoms. The number of benzene rings is 2. The Labute approximate surface area is 184 Å². The van der Waals surface area contributed by atoms with Crippen molar-refractivity contribution in [3.05, 3.63) is 75.8 Å². The summed E-state index contributed by atoms with van der Waals surface area (Å²) >= 11 is 7.51. The van der Waals surface area contributed by atoms with Gasteiger partial charge in [0.15, 0.2) is 0 Å². The van der Waals surface area contributed by atoms with Crippen LogP contribution >= 0.6 is 22.9 Å². The molecule has 1 atom stereocenters. The van der Waals surface area contributed by atoms with E-state index in [1.54, 1.807) is 24.3 Å². The average Bonchev–Trinajstić information content (AvgIpc) is 3.14. The van der Waals surface area contributed by atoms with Gasteiger partial charge in [0, 0.05) is 6.42 Å². The molecule has 1 heterocycles. The molecule has 8 heteroatoms. The van der Waals surface area contributed by atoms with Gasteiger partial charge in [0.05, 0.1) is 23.0 Å². The molecule has 6 nitrogen and oxygen atoms in total. The molecule has 2 amide bonds. The van der Waals surface area contributed by atoms with Gasteiger partial charge in [-0.2, -0.15) is 0 Å². The molecule has 3 rings (SSSR count).